The molecule has 0 heterocycles. The Bertz CT molecular complexity index is 45.8. The molecule has 0 amide bonds. The van der Waals surface area contributed by atoms with Crippen LogP contribution in [0.2, 0.25) is 5.82 Å². The predicted octanol–water partition coefficient (Wildman–Crippen LogP) is 0.557. The first-order valence-corrected chi connectivity index (χ1v) is 3.47. The van der Waals surface area contributed by atoms with Crippen molar-refractivity contribution in [2.24, 2.45) is 5.73 Å². The van der Waals surface area contributed by atoms with E-state index < -0.39 is 0 Å². The molecule has 2 N–H and O–H groups in total. The molecule has 2 heteroatoms. The lowest BCUT2D eigenvalue weighted by Crippen LogP contribution is -1.98. The van der Waals surface area contributed by atoms with Crippen LogP contribution in [0.25, 0.3) is 0 Å². The van der Waals surface area contributed by atoms with Gasteiger partial charge in [-0.2, -0.15) is 0 Å². The van der Waals surface area contributed by atoms with Crippen LogP contribution in [0.4, 0.5) is 0 Å². The number of rotatable bonds is 4. The maximum Gasteiger partial charge on any atom is 0.105 e. The molecule has 0 aromatic heterocycles. The van der Waals surface area contributed by atoms with Gasteiger partial charge in [-0.15, -0.1) is 0 Å². The van der Waals surface area contributed by atoms with Crippen molar-refractivity contribution in [3.05, 3.63) is 0 Å². The first-order valence-electron chi connectivity index (χ1n) is 3.47. The Balaban J connectivity index is 2.72. The van der Waals surface area contributed by atoms with E-state index in [0.29, 0.717) is 0 Å². The first kappa shape index (κ1) is 8.02. The Hall–Kier alpha value is 0.0249. The first-order chi connectivity index (χ1) is 3.77. The van der Waals surface area contributed by atoms with Gasteiger partial charge in [0, 0.05) is 0 Å². The summed E-state index contributed by atoms with van der Waals surface area (Å²) in [5, 5.41) is 0. The monoisotopic (exact) mass is 113 g/mol. The highest BCUT2D eigenvalue weighted by molar-refractivity contribution is 6.11. The molecule has 0 aliphatic carbocycles. The molecule has 0 saturated heterocycles. The number of nitrogens with two attached hydrogens (primary N) is 1. The van der Waals surface area contributed by atoms with Gasteiger partial charge < -0.3 is 5.73 Å². The van der Waals surface area contributed by atoms with Crippen LogP contribution in [0, 0.1) is 0 Å². The van der Waals surface area contributed by atoms with Crippen LogP contribution in [-0.4, -0.2) is 14.4 Å². The van der Waals surface area contributed by atoms with Crippen LogP contribution in [0.1, 0.15) is 26.2 Å². The van der Waals surface area contributed by atoms with Crippen LogP contribution in [0.3, 0.4) is 0 Å². The zero-order chi connectivity index (χ0) is 6.41. The van der Waals surface area contributed by atoms with Crippen LogP contribution in [-0.2, 0) is 0 Å². The summed E-state index contributed by atoms with van der Waals surface area (Å²) in [6.45, 7) is 3.10. The van der Waals surface area contributed by atoms with Crippen molar-refractivity contribution < 1.29 is 0 Å². The van der Waals surface area contributed by atoms with Crippen molar-refractivity contribution in [3.8, 4) is 0 Å². The molecule has 0 bridgehead atoms. The molecule has 1 nitrogen and oxygen atoms in total. The molecule has 0 aromatic carbocycles. The van der Waals surface area contributed by atoms with Gasteiger partial charge in [0.15, 0.2) is 0 Å². The summed E-state index contributed by atoms with van der Waals surface area (Å²) < 4.78 is 0. The number of unbranched alkanes of at least 4 members (excludes halogenated alkanes) is 1. The van der Waals surface area contributed by atoms with E-state index in [4.69, 9.17) is 5.73 Å². The molecule has 0 rings (SSSR count). The van der Waals surface area contributed by atoms with Crippen molar-refractivity contribution >= 4 is 7.85 Å². The molecule has 0 fully saturated rings. The van der Waals surface area contributed by atoms with Gasteiger partial charge in [0.05, 0.1) is 0 Å². The third-order valence-corrected chi connectivity index (χ3v) is 1.24. The van der Waals surface area contributed by atoms with Gasteiger partial charge in [0.1, 0.15) is 7.85 Å². The number of hydrogen-bond donors (Lipinski definition) is 1. The molecule has 48 valence electrons. The Labute approximate surface area is 53.1 Å². The largest absolute Gasteiger partial charge is 0.330 e. The van der Waals surface area contributed by atoms with Crippen LogP contribution < -0.4 is 5.73 Å². The second-order valence-corrected chi connectivity index (χ2v) is 2.68. The summed E-state index contributed by atoms with van der Waals surface area (Å²) in [6.07, 6.45) is 3.82. The molecule has 0 radical (unpaired) electrons. The minimum absolute atomic E-state index is 0.849. The maximum atomic E-state index is 5.31. The minimum atomic E-state index is 0.849. The third kappa shape index (κ3) is 6.02. The fourth-order valence-electron chi connectivity index (χ4n) is 0.697. The summed E-state index contributed by atoms with van der Waals surface area (Å²) in [5.74, 6) is 0.849. The zero-order valence-corrected chi connectivity index (χ0v) is 5.98. The Kier molecular flexibility index (Phi) is 5.18. The molecule has 0 unspecified atom stereocenters. The van der Waals surface area contributed by atoms with Crippen LogP contribution in [0.15, 0.2) is 0 Å². The van der Waals surface area contributed by atoms with E-state index in [1.807, 2.05) is 0 Å². The summed E-state index contributed by atoms with van der Waals surface area (Å²) >= 11 is 0. The smallest absolute Gasteiger partial charge is 0.105 e. The summed E-state index contributed by atoms with van der Waals surface area (Å²) in [6, 6.07) is 0. The molecule has 0 spiro atoms. The van der Waals surface area contributed by atoms with Crippen molar-refractivity contribution in [3.63, 3.8) is 0 Å². The summed E-state index contributed by atoms with van der Waals surface area (Å²) in [7, 11) is 2.25. The lowest BCUT2D eigenvalue weighted by atomic mass is 9.85. The second kappa shape index (κ2) is 5.17. The van der Waals surface area contributed by atoms with E-state index in [1.54, 1.807) is 0 Å². The number of hydrogen-bond acceptors (Lipinski definition) is 1. The van der Waals surface area contributed by atoms with E-state index in [-0.39, 0.29) is 0 Å². The molecule has 0 aliphatic rings. The highest BCUT2D eigenvalue weighted by Crippen LogP contribution is 2.07. The quantitative estimate of drug-likeness (QED) is 0.418. The molecule has 1 atom stereocenters. The SMILES string of the molecule is B[C@H](C)CCCCN. The molecule has 0 aliphatic heterocycles. The van der Waals surface area contributed by atoms with Crippen LogP contribution >= 0.6 is 0 Å². The third-order valence-electron chi connectivity index (χ3n) is 1.24. The Morgan fingerprint density at radius 1 is 1.50 bits per heavy atom. The normalized spacial score (nSPS) is 13.8. The predicted molar refractivity (Wildman–Crippen MR) is 40.9 cm³/mol. The Morgan fingerprint density at radius 2 is 2.12 bits per heavy atom. The van der Waals surface area contributed by atoms with E-state index in [1.165, 1.54) is 19.3 Å². The standard InChI is InChI=1S/C6H16BN/c1-6(7)4-2-3-5-8/h6H,2-5,7-8H2,1H3/t6-/m1/s1. The minimum Gasteiger partial charge on any atom is -0.330 e. The average Bonchev–Trinajstić information content (AvgIpc) is 1.66. The van der Waals surface area contributed by atoms with Crippen molar-refractivity contribution in [1.29, 1.82) is 0 Å². The molecular formula is C6H16BN. The topological polar surface area (TPSA) is 26.0 Å². The van der Waals surface area contributed by atoms with E-state index >= 15 is 0 Å². The fraction of sp³-hybridized carbons (Fsp3) is 1.00. The van der Waals surface area contributed by atoms with E-state index in [0.717, 1.165) is 12.4 Å². The van der Waals surface area contributed by atoms with E-state index in [2.05, 4.69) is 14.8 Å². The van der Waals surface area contributed by atoms with E-state index in [9.17, 15) is 0 Å². The lowest BCUT2D eigenvalue weighted by molar-refractivity contribution is 0.673. The Morgan fingerprint density at radius 3 is 2.50 bits per heavy atom. The van der Waals surface area contributed by atoms with Crippen molar-refractivity contribution in [2.75, 3.05) is 6.54 Å². The van der Waals surface area contributed by atoms with Gasteiger partial charge in [-0.25, -0.2) is 0 Å². The van der Waals surface area contributed by atoms with Gasteiger partial charge in [0.2, 0.25) is 0 Å². The van der Waals surface area contributed by atoms with Crippen molar-refractivity contribution in [2.45, 2.75) is 32.0 Å². The van der Waals surface area contributed by atoms with Crippen molar-refractivity contribution in [1.82, 2.24) is 0 Å². The zero-order valence-electron chi connectivity index (χ0n) is 5.98. The second-order valence-electron chi connectivity index (χ2n) is 2.68. The van der Waals surface area contributed by atoms with Crippen LogP contribution in [0.5, 0.6) is 0 Å². The highest BCUT2D eigenvalue weighted by atomic mass is 14.5. The van der Waals surface area contributed by atoms with Gasteiger partial charge in [-0.3, -0.25) is 0 Å². The average molecular weight is 113 g/mol. The summed E-state index contributed by atoms with van der Waals surface area (Å²) in [4.78, 5) is 0. The van der Waals surface area contributed by atoms with Gasteiger partial charge in [-0.05, 0) is 13.0 Å². The molecule has 8 heavy (non-hydrogen) atoms. The lowest BCUT2D eigenvalue weighted by Gasteiger charge is -2.00. The fourth-order valence-corrected chi connectivity index (χ4v) is 0.697. The molecular weight excluding hydrogens is 96.9 g/mol. The van der Waals surface area contributed by atoms with Gasteiger partial charge >= 0.3 is 0 Å². The summed E-state index contributed by atoms with van der Waals surface area (Å²) in [5.41, 5.74) is 5.31. The van der Waals surface area contributed by atoms with Gasteiger partial charge in [-0.1, -0.05) is 25.6 Å². The molecule has 0 saturated carbocycles. The molecule has 0 aromatic rings. The highest BCUT2D eigenvalue weighted by Gasteiger charge is 1.91. The maximum absolute atomic E-state index is 5.31. The van der Waals surface area contributed by atoms with Gasteiger partial charge in [0.25, 0.3) is 0 Å².